The number of hydrogen-bond acceptors (Lipinski definition) is 4. The zero-order chi connectivity index (χ0) is 12.8. The van der Waals surface area contributed by atoms with Gasteiger partial charge in [0, 0.05) is 18.8 Å². The molecule has 1 aromatic rings. The second-order valence-corrected chi connectivity index (χ2v) is 5.11. The zero-order valence-electron chi connectivity index (χ0n) is 10.6. The molecule has 1 unspecified atom stereocenters. The largest absolute Gasteiger partial charge is 0.398 e. The number of nitrogens with zero attached hydrogens (tertiary/aromatic N) is 2. The first-order chi connectivity index (χ1) is 8.10. The molecule has 0 fully saturated rings. The molecule has 0 saturated carbocycles. The number of hydrogen-bond donors (Lipinski definition) is 1. The summed E-state index contributed by atoms with van der Waals surface area (Å²) in [6.07, 6.45) is 3.25. The van der Waals surface area contributed by atoms with E-state index in [1.165, 1.54) is 0 Å². The standard InChI is InChI=1S/C13H19N3S/c1-10(6-7-17-3)16(2)12-5-4-11(9-14)13(15)8-12/h4-5,8,10H,6-7,15H2,1-3H3. The summed E-state index contributed by atoms with van der Waals surface area (Å²) >= 11 is 1.86. The topological polar surface area (TPSA) is 53.0 Å². The van der Waals surface area contributed by atoms with Crippen molar-refractivity contribution in [2.45, 2.75) is 19.4 Å². The van der Waals surface area contributed by atoms with Crippen molar-refractivity contribution in [2.75, 3.05) is 29.7 Å². The van der Waals surface area contributed by atoms with Gasteiger partial charge in [0.15, 0.2) is 0 Å². The lowest BCUT2D eigenvalue weighted by Gasteiger charge is -2.27. The van der Waals surface area contributed by atoms with E-state index >= 15 is 0 Å². The first-order valence-electron chi connectivity index (χ1n) is 5.61. The van der Waals surface area contributed by atoms with E-state index in [1.807, 2.05) is 23.9 Å². The van der Waals surface area contributed by atoms with Gasteiger partial charge in [-0.25, -0.2) is 0 Å². The van der Waals surface area contributed by atoms with E-state index in [-0.39, 0.29) is 0 Å². The first-order valence-corrected chi connectivity index (χ1v) is 7.01. The van der Waals surface area contributed by atoms with Gasteiger partial charge < -0.3 is 10.6 Å². The zero-order valence-corrected chi connectivity index (χ0v) is 11.4. The fourth-order valence-electron chi connectivity index (χ4n) is 1.61. The molecule has 1 aromatic carbocycles. The predicted molar refractivity (Wildman–Crippen MR) is 76.4 cm³/mol. The molecule has 0 aliphatic heterocycles. The van der Waals surface area contributed by atoms with E-state index in [9.17, 15) is 0 Å². The van der Waals surface area contributed by atoms with Gasteiger partial charge in [-0.05, 0) is 43.6 Å². The number of anilines is 2. The normalized spacial score (nSPS) is 11.9. The van der Waals surface area contributed by atoms with Crippen molar-refractivity contribution in [1.82, 2.24) is 0 Å². The van der Waals surface area contributed by atoms with Crippen molar-refractivity contribution in [2.24, 2.45) is 0 Å². The van der Waals surface area contributed by atoms with Gasteiger partial charge >= 0.3 is 0 Å². The number of thioether (sulfide) groups is 1. The van der Waals surface area contributed by atoms with E-state index in [2.05, 4.69) is 31.2 Å². The van der Waals surface area contributed by atoms with Gasteiger partial charge in [0.25, 0.3) is 0 Å². The molecule has 0 radical (unpaired) electrons. The second-order valence-electron chi connectivity index (χ2n) is 4.12. The molecule has 0 bridgehead atoms. The van der Waals surface area contributed by atoms with Crippen molar-refractivity contribution >= 4 is 23.1 Å². The maximum atomic E-state index is 8.83. The monoisotopic (exact) mass is 249 g/mol. The SMILES string of the molecule is CSCCC(C)N(C)c1ccc(C#N)c(N)c1. The fraction of sp³-hybridized carbons (Fsp3) is 0.462. The Balaban J connectivity index is 2.79. The van der Waals surface area contributed by atoms with Crippen LogP contribution in [0.2, 0.25) is 0 Å². The highest BCUT2D eigenvalue weighted by Gasteiger charge is 2.10. The van der Waals surface area contributed by atoms with Crippen LogP contribution in [0, 0.1) is 11.3 Å². The third-order valence-corrected chi connectivity index (χ3v) is 3.61. The summed E-state index contributed by atoms with van der Waals surface area (Å²) < 4.78 is 0. The van der Waals surface area contributed by atoms with Crippen molar-refractivity contribution < 1.29 is 0 Å². The Morgan fingerprint density at radius 1 is 1.53 bits per heavy atom. The average Bonchev–Trinajstić information content (AvgIpc) is 2.34. The Kier molecular flexibility index (Phi) is 5.17. The lowest BCUT2D eigenvalue weighted by molar-refractivity contribution is 0.669. The summed E-state index contributed by atoms with van der Waals surface area (Å²) in [6.45, 7) is 2.20. The third kappa shape index (κ3) is 3.57. The minimum atomic E-state index is 0.467. The van der Waals surface area contributed by atoms with Crippen molar-refractivity contribution in [3.8, 4) is 6.07 Å². The minimum absolute atomic E-state index is 0.467. The Bertz CT molecular complexity index is 412. The number of nitrogen functional groups attached to an aromatic ring is 1. The van der Waals surface area contributed by atoms with Gasteiger partial charge in [0.1, 0.15) is 6.07 Å². The van der Waals surface area contributed by atoms with Crippen LogP contribution in [0.15, 0.2) is 18.2 Å². The number of benzene rings is 1. The van der Waals surface area contributed by atoms with E-state index in [0.717, 1.165) is 17.9 Å². The van der Waals surface area contributed by atoms with Crippen LogP contribution in [0.4, 0.5) is 11.4 Å². The van der Waals surface area contributed by atoms with Crippen LogP contribution in [0.1, 0.15) is 18.9 Å². The van der Waals surface area contributed by atoms with Crippen LogP contribution in [0.25, 0.3) is 0 Å². The van der Waals surface area contributed by atoms with Gasteiger partial charge in [-0.1, -0.05) is 0 Å². The van der Waals surface area contributed by atoms with Crippen LogP contribution in [-0.4, -0.2) is 25.1 Å². The van der Waals surface area contributed by atoms with Crippen LogP contribution in [-0.2, 0) is 0 Å². The predicted octanol–water partition coefficient (Wildman–Crippen LogP) is 2.72. The highest BCUT2D eigenvalue weighted by atomic mass is 32.2. The van der Waals surface area contributed by atoms with Crippen molar-refractivity contribution in [3.05, 3.63) is 23.8 Å². The fourth-order valence-corrected chi connectivity index (χ4v) is 2.18. The van der Waals surface area contributed by atoms with E-state index < -0.39 is 0 Å². The molecule has 92 valence electrons. The highest BCUT2D eigenvalue weighted by molar-refractivity contribution is 7.98. The maximum absolute atomic E-state index is 8.83. The number of nitrogens with two attached hydrogens (primary N) is 1. The van der Waals surface area contributed by atoms with E-state index in [0.29, 0.717) is 17.3 Å². The van der Waals surface area contributed by atoms with Crippen LogP contribution in [0.3, 0.4) is 0 Å². The molecule has 2 N–H and O–H groups in total. The minimum Gasteiger partial charge on any atom is -0.398 e. The second kappa shape index (κ2) is 6.41. The molecule has 17 heavy (non-hydrogen) atoms. The van der Waals surface area contributed by atoms with Crippen molar-refractivity contribution in [3.63, 3.8) is 0 Å². The molecule has 0 saturated heterocycles. The molecular formula is C13H19N3S. The van der Waals surface area contributed by atoms with E-state index in [1.54, 1.807) is 6.07 Å². The third-order valence-electron chi connectivity index (χ3n) is 2.96. The van der Waals surface area contributed by atoms with Gasteiger partial charge in [-0.15, -0.1) is 0 Å². The molecule has 0 aliphatic rings. The molecule has 1 rings (SSSR count). The molecule has 1 atom stereocenters. The Morgan fingerprint density at radius 3 is 2.76 bits per heavy atom. The Hall–Kier alpha value is -1.34. The molecule has 0 heterocycles. The van der Waals surface area contributed by atoms with Crippen molar-refractivity contribution in [1.29, 1.82) is 5.26 Å². The van der Waals surface area contributed by atoms with Gasteiger partial charge in [-0.2, -0.15) is 17.0 Å². The van der Waals surface area contributed by atoms with Crippen LogP contribution < -0.4 is 10.6 Å². The summed E-state index contributed by atoms with van der Waals surface area (Å²) in [7, 11) is 2.06. The Morgan fingerprint density at radius 2 is 2.24 bits per heavy atom. The lowest BCUT2D eigenvalue weighted by atomic mass is 10.1. The molecule has 0 aliphatic carbocycles. The molecule has 0 spiro atoms. The van der Waals surface area contributed by atoms with Crippen LogP contribution >= 0.6 is 11.8 Å². The quantitative estimate of drug-likeness (QED) is 0.815. The number of rotatable bonds is 5. The smallest absolute Gasteiger partial charge is 0.101 e. The average molecular weight is 249 g/mol. The van der Waals surface area contributed by atoms with E-state index in [4.69, 9.17) is 11.0 Å². The number of nitriles is 1. The summed E-state index contributed by atoms with van der Waals surface area (Å²) in [4.78, 5) is 2.20. The lowest BCUT2D eigenvalue weighted by Crippen LogP contribution is -2.29. The van der Waals surface area contributed by atoms with Crippen LogP contribution in [0.5, 0.6) is 0 Å². The molecular weight excluding hydrogens is 230 g/mol. The Labute approximate surface area is 108 Å². The van der Waals surface area contributed by atoms with Gasteiger partial charge in [0.2, 0.25) is 0 Å². The molecule has 3 nitrogen and oxygen atoms in total. The summed E-state index contributed by atoms with van der Waals surface area (Å²) in [5, 5.41) is 8.83. The highest BCUT2D eigenvalue weighted by Crippen LogP contribution is 2.22. The maximum Gasteiger partial charge on any atom is 0.101 e. The van der Waals surface area contributed by atoms with Gasteiger partial charge in [0.05, 0.1) is 11.3 Å². The molecule has 0 aromatic heterocycles. The summed E-state index contributed by atoms with van der Waals surface area (Å²) in [6, 6.07) is 8.14. The molecule has 4 heteroatoms. The van der Waals surface area contributed by atoms with Gasteiger partial charge in [-0.3, -0.25) is 0 Å². The summed E-state index contributed by atoms with van der Waals surface area (Å²) in [5.74, 6) is 1.15. The molecule has 0 amide bonds. The first kappa shape index (κ1) is 13.7. The summed E-state index contributed by atoms with van der Waals surface area (Å²) in [5.41, 5.74) is 7.97.